The monoisotopic (exact) mass is 496 g/mol. The summed E-state index contributed by atoms with van der Waals surface area (Å²) in [6.45, 7) is 4.97. The van der Waals surface area contributed by atoms with Crippen LogP contribution in [0.3, 0.4) is 0 Å². The highest BCUT2D eigenvalue weighted by Crippen LogP contribution is 2.55. The highest BCUT2D eigenvalue weighted by atomic mass is 32.2. The first kappa shape index (κ1) is 26.2. The van der Waals surface area contributed by atoms with Crippen LogP contribution in [-0.4, -0.2) is 63.7 Å². The molecule has 0 radical (unpaired) electrons. The average molecular weight is 497 g/mol. The second-order valence-corrected chi connectivity index (χ2v) is 14.0. The Balaban J connectivity index is 1.34. The van der Waals surface area contributed by atoms with E-state index >= 15 is 0 Å². The number of carbonyl (C=O) groups is 1. The predicted molar refractivity (Wildman–Crippen MR) is 141 cm³/mol. The van der Waals surface area contributed by atoms with Crippen LogP contribution in [-0.2, 0) is 4.79 Å². The molecule has 2 heterocycles. The first-order chi connectivity index (χ1) is 15.9. The lowest BCUT2D eigenvalue weighted by atomic mass is 9.60. The summed E-state index contributed by atoms with van der Waals surface area (Å²) in [5.74, 6) is 3.99. The molecule has 4 fully saturated rings. The lowest BCUT2D eigenvalue weighted by molar-refractivity contribution is -0.133. The molecular weight excluding hydrogens is 451 g/mol. The molecule has 0 spiro atoms. The van der Waals surface area contributed by atoms with Crippen molar-refractivity contribution in [2.24, 2.45) is 41.2 Å². The van der Waals surface area contributed by atoms with Crippen LogP contribution in [0.1, 0.15) is 71.1 Å². The molecule has 2 aliphatic heterocycles. The maximum atomic E-state index is 13.7. The molecule has 0 aromatic carbocycles. The molecule has 8 unspecified atom stereocenters. The van der Waals surface area contributed by atoms with Gasteiger partial charge in [0.2, 0.25) is 5.91 Å². The van der Waals surface area contributed by atoms with Gasteiger partial charge in [-0.2, -0.15) is 11.8 Å². The maximum absolute atomic E-state index is 13.7. The topological polar surface area (TPSA) is 86.8 Å². The molecular formula is C25H45BN2O3S2. The van der Waals surface area contributed by atoms with Crippen molar-refractivity contribution in [3.05, 3.63) is 0 Å². The summed E-state index contributed by atoms with van der Waals surface area (Å²) in [4.78, 5) is 15.8. The Kier molecular flexibility index (Phi) is 9.44. The summed E-state index contributed by atoms with van der Waals surface area (Å²) in [5.41, 5.74) is 5.97. The summed E-state index contributed by atoms with van der Waals surface area (Å²) in [6, 6.07) is 0. The molecule has 8 atom stereocenters. The van der Waals surface area contributed by atoms with Gasteiger partial charge >= 0.3 is 7.12 Å². The number of nitrogens with zero attached hydrogens (tertiary/aromatic N) is 1. The van der Waals surface area contributed by atoms with Crippen LogP contribution in [0.5, 0.6) is 0 Å². The van der Waals surface area contributed by atoms with E-state index in [-0.39, 0.29) is 11.1 Å². The summed E-state index contributed by atoms with van der Waals surface area (Å²) in [5, 5.41) is 19.6. The van der Waals surface area contributed by atoms with Gasteiger partial charge in [-0.3, -0.25) is 4.79 Å². The average Bonchev–Trinajstić information content (AvgIpc) is 3.19. The van der Waals surface area contributed by atoms with Gasteiger partial charge in [-0.05, 0) is 86.2 Å². The van der Waals surface area contributed by atoms with E-state index in [1.54, 1.807) is 0 Å². The molecule has 0 aromatic rings. The molecule has 4 aliphatic rings. The summed E-state index contributed by atoms with van der Waals surface area (Å²) < 4.78 is 0.432. The molecule has 0 aromatic heterocycles. The van der Waals surface area contributed by atoms with E-state index in [1.165, 1.54) is 25.7 Å². The van der Waals surface area contributed by atoms with Gasteiger partial charge in [0.05, 0.1) is 9.83 Å². The van der Waals surface area contributed by atoms with Crippen molar-refractivity contribution in [3.8, 4) is 0 Å². The Morgan fingerprint density at radius 1 is 1.03 bits per heavy atom. The largest absolute Gasteiger partial charge is 0.454 e. The number of rotatable bonds is 6. The number of carbonyl (C=O) groups excluding carboxylic acids is 1. The highest BCUT2D eigenvalue weighted by Gasteiger charge is 2.50. The molecule has 8 heteroatoms. The van der Waals surface area contributed by atoms with E-state index in [4.69, 9.17) is 5.73 Å². The van der Waals surface area contributed by atoms with Crippen LogP contribution in [0, 0.1) is 35.5 Å². The van der Waals surface area contributed by atoms with E-state index in [0.29, 0.717) is 34.2 Å². The van der Waals surface area contributed by atoms with Crippen LogP contribution in [0.15, 0.2) is 0 Å². The Bertz CT molecular complexity index is 649. The fraction of sp³-hybridized carbons (Fsp3) is 0.960. The Hall–Kier alpha value is 0.115. The van der Waals surface area contributed by atoms with Crippen LogP contribution in [0.25, 0.3) is 0 Å². The highest BCUT2D eigenvalue weighted by molar-refractivity contribution is 8.17. The number of likely N-dealkylation sites (tertiary alicyclic amines) is 1. The van der Waals surface area contributed by atoms with Gasteiger partial charge in [0.1, 0.15) is 0 Å². The number of hydrogen-bond donors (Lipinski definition) is 3. The van der Waals surface area contributed by atoms with Crippen molar-refractivity contribution in [1.82, 2.24) is 4.90 Å². The summed E-state index contributed by atoms with van der Waals surface area (Å²) in [6.07, 6.45) is 13.8. The maximum Gasteiger partial charge on any atom is 0.454 e. The summed E-state index contributed by atoms with van der Waals surface area (Å²) in [7, 11) is -1.20. The quantitative estimate of drug-likeness (QED) is 0.481. The standard InChI is InChI=1S/C25H45BN2O3S2/c1-16-22(20-7-4-8-21(14-20)26(30)31)25(32-2)33-23(16)24(29)28-11-9-18(10-12-28)19-6-3-5-17(13-19)15-27/h16-23,25,30-31H,3-15,27H2,1-2H3. The third-order valence-electron chi connectivity index (χ3n) is 9.55. The first-order valence-electron chi connectivity index (χ1n) is 13.5. The van der Waals surface area contributed by atoms with E-state index in [0.717, 1.165) is 70.0 Å². The van der Waals surface area contributed by atoms with Crippen molar-refractivity contribution in [1.29, 1.82) is 0 Å². The van der Waals surface area contributed by atoms with Gasteiger partial charge in [0.25, 0.3) is 0 Å². The molecule has 2 saturated carbocycles. The fourth-order valence-corrected chi connectivity index (χ4v) is 10.8. The minimum Gasteiger partial charge on any atom is -0.427 e. The molecule has 2 saturated heterocycles. The summed E-state index contributed by atoms with van der Waals surface area (Å²) >= 11 is 3.79. The number of piperidine rings is 1. The molecule has 4 N–H and O–H groups in total. The number of nitrogens with two attached hydrogens (primary N) is 1. The van der Waals surface area contributed by atoms with Crippen LogP contribution < -0.4 is 5.73 Å². The van der Waals surface area contributed by atoms with Crippen molar-refractivity contribution >= 4 is 36.5 Å². The zero-order chi connectivity index (χ0) is 23.5. The fourth-order valence-electron chi connectivity index (χ4n) is 7.59. The Labute approximate surface area is 209 Å². The van der Waals surface area contributed by atoms with Gasteiger partial charge in [-0.15, -0.1) is 11.8 Å². The van der Waals surface area contributed by atoms with Gasteiger partial charge in [0, 0.05) is 13.1 Å². The van der Waals surface area contributed by atoms with E-state index in [2.05, 4.69) is 18.1 Å². The van der Waals surface area contributed by atoms with Gasteiger partial charge in [-0.25, -0.2) is 0 Å². The Morgan fingerprint density at radius 2 is 1.73 bits per heavy atom. The minimum atomic E-state index is -1.20. The number of amides is 1. The molecule has 5 nitrogen and oxygen atoms in total. The second-order valence-electron chi connectivity index (χ2n) is 11.4. The molecule has 0 bridgehead atoms. The van der Waals surface area contributed by atoms with Crippen molar-refractivity contribution in [2.45, 2.75) is 86.8 Å². The molecule has 188 valence electrons. The van der Waals surface area contributed by atoms with Crippen molar-refractivity contribution in [3.63, 3.8) is 0 Å². The van der Waals surface area contributed by atoms with Gasteiger partial charge < -0.3 is 20.7 Å². The zero-order valence-corrected chi connectivity index (χ0v) is 22.2. The third kappa shape index (κ3) is 5.92. The van der Waals surface area contributed by atoms with Crippen LogP contribution >= 0.6 is 23.5 Å². The van der Waals surface area contributed by atoms with Crippen LogP contribution in [0.4, 0.5) is 0 Å². The lowest BCUT2D eigenvalue weighted by Gasteiger charge is -2.40. The lowest BCUT2D eigenvalue weighted by Crippen LogP contribution is -2.46. The minimum absolute atomic E-state index is 0.00380. The van der Waals surface area contributed by atoms with E-state index in [9.17, 15) is 14.8 Å². The van der Waals surface area contributed by atoms with Crippen LogP contribution in [0.2, 0.25) is 5.82 Å². The number of thioether (sulfide) groups is 2. The van der Waals surface area contributed by atoms with Crippen molar-refractivity contribution < 1.29 is 14.8 Å². The molecule has 1 amide bonds. The smallest absolute Gasteiger partial charge is 0.427 e. The molecule has 33 heavy (non-hydrogen) atoms. The van der Waals surface area contributed by atoms with Gasteiger partial charge in [-0.1, -0.05) is 39.0 Å². The first-order valence-corrected chi connectivity index (χ1v) is 15.7. The zero-order valence-electron chi connectivity index (χ0n) is 20.6. The van der Waals surface area contributed by atoms with Gasteiger partial charge in [0.15, 0.2) is 0 Å². The third-order valence-corrected chi connectivity index (χ3v) is 12.7. The van der Waals surface area contributed by atoms with Crippen molar-refractivity contribution in [2.75, 3.05) is 25.9 Å². The number of hydrogen-bond acceptors (Lipinski definition) is 6. The predicted octanol–water partition coefficient (Wildman–Crippen LogP) is 4.08. The Morgan fingerprint density at radius 3 is 2.39 bits per heavy atom. The normalized spacial score (nSPS) is 40.7. The molecule has 4 rings (SSSR count). The molecule has 2 aliphatic carbocycles. The second kappa shape index (κ2) is 11.9. The van der Waals surface area contributed by atoms with E-state index in [1.807, 2.05) is 23.5 Å². The SMILES string of the molecule is CSC1SC(C(=O)N2CCC(C3CCCC(CN)C3)CC2)C(C)C1C1CCCC(B(O)O)C1. The van der Waals surface area contributed by atoms with E-state index < -0.39 is 7.12 Å².